The van der Waals surface area contributed by atoms with Crippen molar-refractivity contribution in [1.82, 2.24) is 14.5 Å². The normalized spacial score (nSPS) is 32.1. The van der Waals surface area contributed by atoms with Crippen LogP contribution < -0.4 is 0 Å². The van der Waals surface area contributed by atoms with Crippen LogP contribution in [0.25, 0.3) is 0 Å². The molecule has 2 unspecified atom stereocenters. The molecule has 1 saturated heterocycles. The number of carbonyl (C=O) groups is 1. The third-order valence-electron chi connectivity index (χ3n) is 4.42. The molecule has 3 rings (SSSR count). The largest absolute Gasteiger partial charge is 0.389 e. The Balaban J connectivity index is 1.72. The highest BCUT2D eigenvalue weighted by atomic mass is 16.3. The molecule has 0 spiro atoms. The number of carbonyl (C=O) groups excluding carboxylic acids is 1. The maximum absolute atomic E-state index is 12.2. The lowest BCUT2D eigenvalue weighted by Crippen LogP contribution is -2.55. The standard InChI is InChI=1S/C13H19N3O2/c17-12(16-8-6-14-10-16)15-7-5-13(18)4-2-1-3-11(13)9-15/h6,8,10-11,18H,1-5,7,9H2. The van der Waals surface area contributed by atoms with Crippen LogP contribution in [-0.4, -0.2) is 44.3 Å². The van der Waals surface area contributed by atoms with Gasteiger partial charge in [-0.1, -0.05) is 12.8 Å². The average Bonchev–Trinajstić information content (AvgIpc) is 2.90. The number of rotatable bonds is 0. The van der Waals surface area contributed by atoms with Gasteiger partial charge in [-0.15, -0.1) is 0 Å². The van der Waals surface area contributed by atoms with E-state index in [0.29, 0.717) is 19.5 Å². The number of hydrogen-bond donors (Lipinski definition) is 1. The van der Waals surface area contributed by atoms with Crippen LogP contribution >= 0.6 is 0 Å². The van der Waals surface area contributed by atoms with E-state index >= 15 is 0 Å². The Morgan fingerprint density at radius 3 is 3.06 bits per heavy atom. The lowest BCUT2D eigenvalue weighted by molar-refractivity contribution is -0.0870. The van der Waals surface area contributed by atoms with Crippen LogP contribution in [0.4, 0.5) is 4.79 Å². The van der Waals surface area contributed by atoms with Gasteiger partial charge in [0, 0.05) is 31.4 Å². The first kappa shape index (κ1) is 11.7. The monoisotopic (exact) mass is 249 g/mol. The van der Waals surface area contributed by atoms with Gasteiger partial charge in [0.25, 0.3) is 0 Å². The number of aliphatic hydroxyl groups is 1. The maximum Gasteiger partial charge on any atom is 0.329 e. The van der Waals surface area contributed by atoms with Crippen LogP contribution in [0.15, 0.2) is 18.7 Å². The first-order valence-corrected chi connectivity index (χ1v) is 6.69. The van der Waals surface area contributed by atoms with E-state index in [0.717, 1.165) is 19.3 Å². The highest BCUT2D eigenvalue weighted by Crippen LogP contribution is 2.39. The van der Waals surface area contributed by atoms with Gasteiger partial charge in [-0.2, -0.15) is 0 Å². The molecule has 1 aliphatic carbocycles. The summed E-state index contributed by atoms with van der Waals surface area (Å²) in [7, 11) is 0. The minimum atomic E-state index is -0.524. The summed E-state index contributed by atoms with van der Waals surface area (Å²) in [6, 6.07) is -0.0277. The summed E-state index contributed by atoms with van der Waals surface area (Å²) in [5.41, 5.74) is -0.524. The lowest BCUT2D eigenvalue weighted by atomic mass is 9.71. The van der Waals surface area contributed by atoms with Gasteiger partial charge in [0.1, 0.15) is 6.33 Å². The first-order valence-electron chi connectivity index (χ1n) is 6.69. The zero-order valence-corrected chi connectivity index (χ0v) is 10.5. The molecule has 1 amide bonds. The summed E-state index contributed by atoms with van der Waals surface area (Å²) in [5, 5.41) is 10.6. The molecule has 5 nitrogen and oxygen atoms in total. The lowest BCUT2D eigenvalue weighted by Gasteiger charge is -2.47. The second-order valence-electron chi connectivity index (χ2n) is 5.49. The van der Waals surface area contributed by atoms with Gasteiger partial charge in [-0.05, 0) is 19.3 Å². The molecule has 2 aliphatic rings. The number of nitrogens with zero attached hydrogens (tertiary/aromatic N) is 3. The van der Waals surface area contributed by atoms with Crippen molar-refractivity contribution in [3.63, 3.8) is 0 Å². The van der Waals surface area contributed by atoms with Crippen molar-refractivity contribution < 1.29 is 9.90 Å². The SMILES string of the molecule is O=C(N1CCC2(O)CCCCC2C1)n1ccnc1. The number of imidazole rings is 1. The molecule has 2 atom stereocenters. The first-order chi connectivity index (χ1) is 8.69. The number of aromatic nitrogens is 2. The molecular formula is C13H19N3O2. The highest BCUT2D eigenvalue weighted by molar-refractivity contribution is 5.76. The number of fused-ring (bicyclic) bond motifs is 1. The topological polar surface area (TPSA) is 58.4 Å². The van der Waals surface area contributed by atoms with E-state index in [4.69, 9.17) is 0 Å². The molecule has 2 heterocycles. The highest BCUT2D eigenvalue weighted by Gasteiger charge is 2.43. The number of hydrogen-bond acceptors (Lipinski definition) is 3. The molecule has 98 valence electrons. The van der Waals surface area contributed by atoms with Crippen LogP contribution in [0.2, 0.25) is 0 Å². The molecule has 18 heavy (non-hydrogen) atoms. The van der Waals surface area contributed by atoms with Gasteiger partial charge in [0.15, 0.2) is 0 Å². The van der Waals surface area contributed by atoms with E-state index in [1.807, 2.05) is 4.90 Å². The summed E-state index contributed by atoms with van der Waals surface area (Å²) in [5.74, 6) is 0.243. The van der Waals surface area contributed by atoms with Gasteiger partial charge >= 0.3 is 6.03 Å². The number of likely N-dealkylation sites (tertiary alicyclic amines) is 1. The fourth-order valence-electron chi connectivity index (χ4n) is 3.28. The summed E-state index contributed by atoms with van der Waals surface area (Å²) < 4.78 is 1.51. The third kappa shape index (κ3) is 1.92. The second-order valence-corrected chi connectivity index (χ2v) is 5.49. The minimum absolute atomic E-state index is 0.0277. The average molecular weight is 249 g/mol. The van der Waals surface area contributed by atoms with E-state index in [1.54, 1.807) is 12.4 Å². The zero-order chi connectivity index (χ0) is 12.6. The smallest absolute Gasteiger partial charge is 0.329 e. The Kier molecular flexibility index (Phi) is 2.86. The quantitative estimate of drug-likeness (QED) is 0.757. The summed E-state index contributed by atoms with van der Waals surface area (Å²) in [6.45, 7) is 1.32. The Morgan fingerprint density at radius 1 is 1.39 bits per heavy atom. The third-order valence-corrected chi connectivity index (χ3v) is 4.42. The maximum atomic E-state index is 12.2. The van der Waals surface area contributed by atoms with Crippen molar-refractivity contribution in [3.05, 3.63) is 18.7 Å². The Labute approximate surface area is 106 Å². The Hall–Kier alpha value is -1.36. The molecule has 1 aromatic heterocycles. The molecule has 1 saturated carbocycles. The number of amides is 1. The number of piperidine rings is 1. The van der Waals surface area contributed by atoms with Crippen molar-refractivity contribution in [2.75, 3.05) is 13.1 Å². The molecule has 1 aromatic rings. The van der Waals surface area contributed by atoms with E-state index in [1.165, 1.54) is 17.3 Å². The summed E-state index contributed by atoms with van der Waals surface area (Å²) in [4.78, 5) is 17.9. The predicted molar refractivity (Wildman–Crippen MR) is 66.1 cm³/mol. The van der Waals surface area contributed by atoms with E-state index in [-0.39, 0.29) is 11.9 Å². The molecule has 0 bridgehead atoms. The molecule has 0 aromatic carbocycles. The van der Waals surface area contributed by atoms with E-state index in [9.17, 15) is 9.90 Å². The van der Waals surface area contributed by atoms with Gasteiger partial charge in [-0.25, -0.2) is 9.78 Å². The van der Waals surface area contributed by atoms with Crippen LogP contribution in [0, 0.1) is 5.92 Å². The summed E-state index contributed by atoms with van der Waals surface area (Å²) in [6.07, 6.45) is 9.72. The van der Waals surface area contributed by atoms with Crippen LogP contribution in [0.5, 0.6) is 0 Å². The van der Waals surface area contributed by atoms with Crippen molar-refractivity contribution in [3.8, 4) is 0 Å². The fraction of sp³-hybridized carbons (Fsp3) is 0.692. The summed E-state index contributed by atoms with van der Waals surface area (Å²) >= 11 is 0. The van der Waals surface area contributed by atoms with Crippen LogP contribution in [0.1, 0.15) is 32.1 Å². The Bertz CT molecular complexity index is 431. The van der Waals surface area contributed by atoms with Gasteiger partial charge < -0.3 is 10.0 Å². The van der Waals surface area contributed by atoms with E-state index in [2.05, 4.69) is 4.98 Å². The Morgan fingerprint density at radius 2 is 2.28 bits per heavy atom. The van der Waals surface area contributed by atoms with Crippen LogP contribution in [-0.2, 0) is 0 Å². The van der Waals surface area contributed by atoms with Gasteiger partial charge in [0.2, 0.25) is 0 Å². The predicted octanol–water partition coefficient (Wildman–Crippen LogP) is 1.48. The van der Waals surface area contributed by atoms with Gasteiger partial charge in [0.05, 0.1) is 5.60 Å². The van der Waals surface area contributed by atoms with Crippen molar-refractivity contribution in [1.29, 1.82) is 0 Å². The van der Waals surface area contributed by atoms with Crippen LogP contribution in [0.3, 0.4) is 0 Å². The molecule has 1 N–H and O–H groups in total. The van der Waals surface area contributed by atoms with Crippen molar-refractivity contribution >= 4 is 6.03 Å². The molecule has 2 fully saturated rings. The molecule has 1 aliphatic heterocycles. The second kappa shape index (κ2) is 4.39. The minimum Gasteiger partial charge on any atom is -0.389 e. The van der Waals surface area contributed by atoms with Crippen molar-refractivity contribution in [2.45, 2.75) is 37.7 Å². The van der Waals surface area contributed by atoms with Gasteiger partial charge in [-0.3, -0.25) is 4.57 Å². The molecule has 0 radical (unpaired) electrons. The zero-order valence-electron chi connectivity index (χ0n) is 10.5. The van der Waals surface area contributed by atoms with Crippen molar-refractivity contribution in [2.24, 2.45) is 5.92 Å². The fourth-order valence-corrected chi connectivity index (χ4v) is 3.28. The molecular weight excluding hydrogens is 230 g/mol. The molecule has 5 heteroatoms. The van der Waals surface area contributed by atoms with E-state index < -0.39 is 5.60 Å².